The van der Waals surface area contributed by atoms with Crippen molar-refractivity contribution in [3.8, 4) is 0 Å². The molecule has 0 radical (unpaired) electrons. The van der Waals surface area contributed by atoms with E-state index in [1.165, 1.54) is 0 Å². The molecule has 0 aliphatic heterocycles. The van der Waals surface area contributed by atoms with E-state index in [1.54, 1.807) is 0 Å². The maximum Gasteiger partial charge on any atom is 0.317 e. The Morgan fingerprint density at radius 2 is 2.00 bits per heavy atom. The van der Waals surface area contributed by atoms with Gasteiger partial charge in [0.1, 0.15) is 0 Å². The Kier molecular flexibility index (Phi) is 4.95. The third-order valence-electron chi connectivity index (χ3n) is 4.34. The minimum absolute atomic E-state index is 0.116. The fraction of sp³-hybridized carbons (Fsp3) is 0.923. The lowest BCUT2D eigenvalue weighted by molar-refractivity contribution is -0.172. The van der Waals surface area contributed by atoms with Gasteiger partial charge in [0.05, 0.1) is 12.6 Å². The van der Waals surface area contributed by atoms with E-state index < -0.39 is 5.97 Å². The fourth-order valence-electron chi connectivity index (χ4n) is 3.28. The Bertz CT molecular complexity index is 263. The third kappa shape index (κ3) is 2.63. The van der Waals surface area contributed by atoms with Gasteiger partial charge in [0, 0.05) is 18.1 Å². The summed E-state index contributed by atoms with van der Waals surface area (Å²) in [6.45, 7) is 7.23. The molecule has 0 saturated heterocycles. The van der Waals surface area contributed by atoms with Gasteiger partial charge in [-0.2, -0.15) is 0 Å². The fourth-order valence-corrected chi connectivity index (χ4v) is 3.28. The molecule has 0 spiro atoms. The molecule has 1 aliphatic rings. The van der Waals surface area contributed by atoms with Crippen molar-refractivity contribution >= 4 is 5.97 Å². The van der Waals surface area contributed by atoms with Gasteiger partial charge < -0.3 is 9.84 Å². The number of ether oxygens (including phenoxy) is 1. The molecule has 0 aromatic carbocycles. The van der Waals surface area contributed by atoms with Crippen molar-refractivity contribution in [2.75, 3.05) is 20.2 Å². The molecule has 1 N–H and O–H groups in total. The number of hydrogen-bond donors (Lipinski definition) is 1. The molecule has 1 rings (SSSR count). The summed E-state index contributed by atoms with van der Waals surface area (Å²) in [5, 5.41) is 8.86. The second-order valence-corrected chi connectivity index (χ2v) is 4.94. The van der Waals surface area contributed by atoms with Crippen molar-refractivity contribution in [2.45, 2.75) is 52.2 Å². The van der Waals surface area contributed by atoms with E-state index in [-0.39, 0.29) is 12.0 Å². The normalized spacial score (nSPS) is 26.9. The molecule has 4 heteroatoms. The summed E-state index contributed by atoms with van der Waals surface area (Å²) >= 11 is 0. The zero-order chi connectivity index (χ0) is 13.1. The molecule has 2 atom stereocenters. The SMILES string of the molecule is CCO[C@@H]1C[C@H](N(C)CC(=O)O)C1(CC)CC. The highest BCUT2D eigenvalue weighted by Crippen LogP contribution is 2.50. The van der Waals surface area contributed by atoms with Gasteiger partial charge in [-0.05, 0) is 33.2 Å². The molecule has 4 nitrogen and oxygen atoms in total. The molecule has 0 aromatic heterocycles. The van der Waals surface area contributed by atoms with Gasteiger partial charge in [-0.15, -0.1) is 0 Å². The quantitative estimate of drug-likeness (QED) is 0.743. The molecule has 1 aliphatic carbocycles. The second kappa shape index (κ2) is 5.83. The predicted octanol–water partition coefficient (Wildman–Crippen LogP) is 1.99. The molecular formula is C13H25NO3. The first kappa shape index (κ1) is 14.5. The van der Waals surface area contributed by atoms with Crippen LogP contribution in [0.1, 0.15) is 40.0 Å². The van der Waals surface area contributed by atoms with Gasteiger partial charge in [-0.1, -0.05) is 13.8 Å². The van der Waals surface area contributed by atoms with E-state index in [0.717, 1.165) is 25.9 Å². The van der Waals surface area contributed by atoms with Crippen LogP contribution in [-0.4, -0.2) is 48.3 Å². The van der Waals surface area contributed by atoms with Crippen molar-refractivity contribution in [1.29, 1.82) is 0 Å². The summed E-state index contributed by atoms with van der Waals surface area (Å²) in [7, 11) is 1.90. The third-order valence-corrected chi connectivity index (χ3v) is 4.34. The summed E-state index contributed by atoms with van der Waals surface area (Å²) < 4.78 is 5.79. The standard InChI is InChI=1S/C13H25NO3/c1-5-13(6-2)10(8-11(13)17-7-3)14(4)9-12(15)16/h10-11H,5-9H2,1-4H3,(H,15,16)/t10-,11+/m0/s1. The first-order valence-electron chi connectivity index (χ1n) is 6.55. The molecule has 0 heterocycles. The first-order valence-corrected chi connectivity index (χ1v) is 6.55. The van der Waals surface area contributed by atoms with Gasteiger partial charge in [-0.3, -0.25) is 9.69 Å². The summed E-state index contributed by atoms with van der Waals surface area (Å²) in [5.41, 5.74) is 0.139. The Hall–Kier alpha value is -0.610. The van der Waals surface area contributed by atoms with E-state index in [1.807, 2.05) is 18.9 Å². The lowest BCUT2D eigenvalue weighted by Crippen LogP contribution is -2.64. The van der Waals surface area contributed by atoms with E-state index in [2.05, 4.69) is 13.8 Å². The maximum absolute atomic E-state index is 10.8. The van der Waals surface area contributed by atoms with Crippen molar-refractivity contribution in [1.82, 2.24) is 4.90 Å². The van der Waals surface area contributed by atoms with E-state index in [9.17, 15) is 4.79 Å². The lowest BCUT2D eigenvalue weighted by Gasteiger charge is -2.58. The van der Waals surface area contributed by atoms with Crippen LogP contribution in [0.5, 0.6) is 0 Å². The molecule has 1 saturated carbocycles. The van der Waals surface area contributed by atoms with Crippen LogP contribution in [0.25, 0.3) is 0 Å². The summed E-state index contributed by atoms with van der Waals surface area (Å²) in [5.74, 6) is -0.756. The van der Waals surface area contributed by atoms with Crippen LogP contribution in [0.2, 0.25) is 0 Å². The number of likely N-dealkylation sites (N-methyl/N-ethyl adjacent to an activating group) is 1. The molecule has 0 unspecified atom stereocenters. The second-order valence-electron chi connectivity index (χ2n) is 4.94. The van der Waals surface area contributed by atoms with Crippen LogP contribution in [0, 0.1) is 5.41 Å². The van der Waals surface area contributed by atoms with Crippen molar-refractivity contribution < 1.29 is 14.6 Å². The van der Waals surface area contributed by atoms with Gasteiger partial charge in [0.25, 0.3) is 0 Å². The zero-order valence-electron chi connectivity index (χ0n) is 11.4. The minimum Gasteiger partial charge on any atom is -0.480 e. The Morgan fingerprint density at radius 3 is 2.41 bits per heavy atom. The van der Waals surface area contributed by atoms with Crippen LogP contribution < -0.4 is 0 Å². The van der Waals surface area contributed by atoms with Gasteiger partial charge >= 0.3 is 5.97 Å². The van der Waals surface area contributed by atoms with Gasteiger partial charge in [-0.25, -0.2) is 0 Å². The summed E-state index contributed by atoms with van der Waals surface area (Å²) in [4.78, 5) is 12.7. The van der Waals surface area contributed by atoms with Crippen LogP contribution in [0.15, 0.2) is 0 Å². The highest BCUT2D eigenvalue weighted by Gasteiger charge is 2.54. The van der Waals surface area contributed by atoms with Crippen LogP contribution in [0.4, 0.5) is 0 Å². The van der Waals surface area contributed by atoms with Crippen LogP contribution in [-0.2, 0) is 9.53 Å². The monoisotopic (exact) mass is 243 g/mol. The molecule has 1 fully saturated rings. The molecule has 0 aromatic rings. The van der Waals surface area contributed by atoms with Crippen LogP contribution >= 0.6 is 0 Å². The minimum atomic E-state index is -0.756. The van der Waals surface area contributed by atoms with Gasteiger partial charge in [0.15, 0.2) is 0 Å². The van der Waals surface area contributed by atoms with Crippen molar-refractivity contribution in [2.24, 2.45) is 5.41 Å². The topological polar surface area (TPSA) is 49.8 Å². The predicted molar refractivity (Wildman–Crippen MR) is 67.1 cm³/mol. The smallest absolute Gasteiger partial charge is 0.317 e. The van der Waals surface area contributed by atoms with Gasteiger partial charge in [0.2, 0.25) is 0 Å². The van der Waals surface area contributed by atoms with Crippen LogP contribution in [0.3, 0.4) is 0 Å². The molecule has 0 amide bonds. The number of nitrogens with zero attached hydrogens (tertiary/aromatic N) is 1. The van der Waals surface area contributed by atoms with Crippen molar-refractivity contribution in [3.05, 3.63) is 0 Å². The largest absolute Gasteiger partial charge is 0.480 e. The number of carbonyl (C=O) groups is 1. The molecule has 0 bridgehead atoms. The number of carboxylic acid groups (broad SMARTS) is 1. The molecule has 100 valence electrons. The average Bonchev–Trinajstić information content (AvgIpc) is 2.24. The Balaban J connectivity index is 2.71. The van der Waals surface area contributed by atoms with E-state index >= 15 is 0 Å². The Labute approximate surface area is 104 Å². The highest BCUT2D eigenvalue weighted by atomic mass is 16.5. The van der Waals surface area contributed by atoms with E-state index in [0.29, 0.717) is 12.1 Å². The number of hydrogen-bond acceptors (Lipinski definition) is 3. The lowest BCUT2D eigenvalue weighted by atomic mass is 9.58. The van der Waals surface area contributed by atoms with E-state index in [4.69, 9.17) is 9.84 Å². The highest BCUT2D eigenvalue weighted by molar-refractivity contribution is 5.69. The number of rotatable bonds is 7. The van der Waals surface area contributed by atoms with Crippen molar-refractivity contribution in [3.63, 3.8) is 0 Å². The zero-order valence-corrected chi connectivity index (χ0v) is 11.4. The average molecular weight is 243 g/mol. The number of aliphatic carboxylic acids is 1. The summed E-state index contributed by atoms with van der Waals surface area (Å²) in [6, 6.07) is 0.338. The number of carboxylic acids is 1. The molecule has 17 heavy (non-hydrogen) atoms. The molecular weight excluding hydrogens is 218 g/mol. The maximum atomic E-state index is 10.8. The summed E-state index contributed by atoms with van der Waals surface area (Å²) in [6.07, 6.45) is 3.34. The first-order chi connectivity index (χ1) is 8.01. The Morgan fingerprint density at radius 1 is 1.41 bits per heavy atom.